The maximum Gasteiger partial charge on any atom is 0.231 e. The van der Waals surface area contributed by atoms with E-state index in [1.165, 1.54) is 0 Å². The van der Waals surface area contributed by atoms with E-state index in [2.05, 4.69) is 15.2 Å². The Kier molecular flexibility index (Phi) is 4.00. The van der Waals surface area contributed by atoms with E-state index in [9.17, 15) is 0 Å². The second-order valence-electron chi connectivity index (χ2n) is 5.14. The highest BCUT2D eigenvalue weighted by atomic mass is 32.2. The molecule has 0 aliphatic rings. The van der Waals surface area contributed by atoms with Crippen molar-refractivity contribution in [3.63, 3.8) is 0 Å². The van der Waals surface area contributed by atoms with E-state index in [1.807, 2.05) is 52.9 Å². The molecule has 2 aromatic heterocycles. The molecule has 0 spiro atoms. The highest BCUT2D eigenvalue weighted by molar-refractivity contribution is 7.99. The Morgan fingerprint density at radius 3 is 2.92 bits per heavy atom. The molecule has 4 rings (SSSR count). The van der Waals surface area contributed by atoms with Gasteiger partial charge in [-0.25, -0.2) is 10.1 Å². The number of nitrogens with zero attached hydrogens (tertiary/aromatic N) is 3. The third kappa shape index (κ3) is 2.78. The lowest BCUT2D eigenvalue weighted by Gasteiger charge is -2.07. The number of benzene rings is 2. The van der Waals surface area contributed by atoms with Crippen molar-refractivity contribution >= 4 is 28.6 Å². The third-order valence-corrected chi connectivity index (χ3v) is 4.53. The summed E-state index contributed by atoms with van der Waals surface area (Å²) >= 11 is 1.63. The van der Waals surface area contributed by atoms with E-state index in [-0.39, 0.29) is 0 Å². The van der Waals surface area contributed by atoms with E-state index >= 15 is 0 Å². The Morgan fingerprint density at radius 2 is 2.00 bits per heavy atom. The average Bonchev–Trinajstić information content (AvgIpc) is 3.18. The molecule has 122 valence electrons. The van der Waals surface area contributed by atoms with E-state index in [4.69, 9.17) is 9.47 Å². The minimum atomic E-state index is 0.582. The molecular formula is C17H16N4O2S. The number of nitrogens with one attached hydrogen (secondary N) is 1. The van der Waals surface area contributed by atoms with Crippen molar-refractivity contribution in [2.75, 3.05) is 19.5 Å². The van der Waals surface area contributed by atoms with Gasteiger partial charge in [-0.1, -0.05) is 30.0 Å². The van der Waals surface area contributed by atoms with Gasteiger partial charge < -0.3 is 9.47 Å². The van der Waals surface area contributed by atoms with Gasteiger partial charge >= 0.3 is 0 Å². The zero-order chi connectivity index (χ0) is 16.4. The van der Waals surface area contributed by atoms with Gasteiger partial charge in [-0.15, -0.1) is 5.10 Å². The first-order chi connectivity index (χ1) is 11.8. The number of methoxy groups -OCH3 is 1. The fourth-order valence-electron chi connectivity index (χ4n) is 2.52. The van der Waals surface area contributed by atoms with Crippen LogP contribution in [0.15, 0.2) is 53.7 Å². The molecule has 0 aliphatic carbocycles. The minimum absolute atomic E-state index is 0.582. The summed E-state index contributed by atoms with van der Waals surface area (Å²) in [4.78, 5) is 4.52. The van der Waals surface area contributed by atoms with Crippen LogP contribution in [0.4, 0.5) is 0 Å². The summed E-state index contributed by atoms with van der Waals surface area (Å²) in [7, 11) is 1.65. The summed E-state index contributed by atoms with van der Waals surface area (Å²) in [5.41, 5.74) is 2.01. The second kappa shape index (κ2) is 6.45. The molecule has 24 heavy (non-hydrogen) atoms. The molecule has 6 nitrogen and oxygen atoms in total. The normalized spacial score (nSPS) is 11.2. The number of hydrogen-bond acceptors (Lipinski definition) is 5. The number of thioether (sulfide) groups is 1. The van der Waals surface area contributed by atoms with Crippen molar-refractivity contribution in [3.8, 4) is 11.5 Å². The fraction of sp³-hybridized carbons (Fsp3) is 0.176. The van der Waals surface area contributed by atoms with Crippen molar-refractivity contribution in [2.24, 2.45) is 0 Å². The molecule has 7 heteroatoms. The lowest BCUT2D eigenvalue weighted by atomic mass is 10.3. The van der Waals surface area contributed by atoms with Gasteiger partial charge in [0.2, 0.25) is 5.78 Å². The lowest BCUT2D eigenvalue weighted by Crippen LogP contribution is -2.01. The maximum absolute atomic E-state index is 5.76. The SMILES string of the molecule is COc1cccc(OCCSc2n[nH]c3nc4ccccc4n23)c1. The summed E-state index contributed by atoms with van der Waals surface area (Å²) in [6.07, 6.45) is 0. The number of aromatic amines is 1. The van der Waals surface area contributed by atoms with E-state index in [1.54, 1.807) is 18.9 Å². The minimum Gasteiger partial charge on any atom is -0.497 e. The van der Waals surface area contributed by atoms with E-state index in [0.717, 1.165) is 39.2 Å². The van der Waals surface area contributed by atoms with Crippen LogP contribution in [0.3, 0.4) is 0 Å². The molecule has 4 aromatic rings. The number of H-pyrrole nitrogens is 1. The first kappa shape index (κ1) is 14.9. The number of para-hydroxylation sites is 2. The van der Waals surface area contributed by atoms with Crippen LogP contribution in [0.2, 0.25) is 0 Å². The largest absolute Gasteiger partial charge is 0.497 e. The summed E-state index contributed by atoms with van der Waals surface area (Å²) in [6.45, 7) is 0.582. The van der Waals surface area contributed by atoms with Gasteiger partial charge in [0.25, 0.3) is 0 Å². The van der Waals surface area contributed by atoms with E-state index < -0.39 is 0 Å². The topological polar surface area (TPSA) is 64.4 Å². The molecule has 2 heterocycles. The number of hydrogen-bond donors (Lipinski definition) is 1. The molecule has 0 bridgehead atoms. The summed E-state index contributed by atoms with van der Waals surface area (Å²) in [6, 6.07) is 15.6. The van der Waals surface area contributed by atoms with Crippen molar-refractivity contribution in [3.05, 3.63) is 48.5 Å². The third-order valence-electron chi connectivity index (χ3n) is 3.63. The van der Waals surface area contributed by atoms with Crippen LogP contribution in [-0.2, 0) is 0 Å². The summed E-state index contributed by atoms with van der Waals surface area (Å²) in [5, 5.41) is 8.20. The first-order valence-electron chi connectivity index (χ1n) is 7.56. The quantitative estimate of drug-likeness (QED) is 0.430. The van der Waals surface area contributed by atoms with Gasteiger partial charge in [0.15, 0.2) is 5.16 Å². The van der Waals surface area contributed by atoms with Gasteiger partial charge in [0.05, 0.1) is 24.8 Å². The Morgan fingerprint density at radius 1 is 1.12 bits per heavy atom. The van der Waals surface area contributed by atoms with Crippen molar-refractivity contribution in [1.82, 2.24) is 19.6 Å². The molecule has 1 N–H and O–H groups in total. The van der Waals surface area contributed by atoms with Gasteiger partial charge in [-0.05, 0) is 24.3 Å². The highest BCUT2D eigenvalue weighted by Crippen LogP contribution is 2.23. The number of rotatable bonds is 6. The van der Waals surface area contributed by atoms with Crippen LogP contribution in [0.1, 0.15) is 0 Å². The second-order valence-corrected chi connectivity index (χ2v) is 6.20. The van der Waals surface area contributed by atoms with Gasteiger partial charge in [0.1, 0.15) is 11.5 Å². The Hall–Kier alpha value is -2.67. The van der Waals surface area contributed by atoms with Crippen LogP contribution in [0.5, 0.6) is 11.5 Å². The standard InChI is InChI=1S/C17H16N4O2S/c1-22-12-5-4-6-13(11-12)23-9-10-24-17-20-19-16-18-14-7-2-3-8-15(14)21(16)17/h2-8,11H,9-10H2,1H3,(H,18,19). The summed E-state index contributed by atoms with van der Waals surface area (Å²) in [5.74, 6) is 3.13. The molecule has 0 aliphatic heterocycles. The molecule has 0 amide bonds. The Balaban J connectivity index is 1.43. The zero-order valence-electron chi connectivity index (χ0n) is 13.1. The molecule has 0 atom stereocenters. The van der Waals surface area contributed by atoms with E-state index in [0.29, 0.717) is 6.61 Å². The highest BCUT2D eigenvalue weighted by Gasteiger charge is 2.11. The van der Waals surface area contributed by atoms with Crippen molar-refractivity contribution in [2.45, 2.75) is 5.16 Å². The Bertz CT molecular complexity index is 979. The monoisotopic (exact) mass is 340 g/mol. The van der Waals surface area contributed by atoms with Gasteiger partial charge in [-0.3, -0.25) is 4.40 Å². The van der Waals surface area contributed by atoms with Crippen LogP contribution >= 0.6 is 11.8 Å². The van der Waals surface area contributed by atoms with Crippen molar-refractivity contribution in [1.29, 1.82) is 0 Å². The van der Waals surface area contributed by atoms with Crippen LogP contribution in [0, 0.1) is 0 Å². The lowest BCUT2D eigenvalue weighted by molar-refractivity contribution is 0.339. The average molecular weight is 340 g/mol. The first-order valence-corrected chi connectivity index (χ1v) is 8.55. The predicted molar refractivity (Wildman–Crippen MR) is 94.1 cm³/mol. The maximum atomic E-state index is 5.76. The number of ether oxygens (including phenoxy) is 2. The smallest absolute Gasteiger partial charge is 0.231 e. The number of imidazole rings is 1. The molecule has 0 radical (unpaired) electrons. The van der Waals surface area contributed by atoms with Gasteiger partial charge in [-0.2, -0.15) is 0 Å². The molecule has 0 saturated heterocycles. The molecule has 0 saturated carbocycles. The number of fused-ring (bicyclic) bond motifs is 3. The van der Waals surface area contributed by atoms with Crippen molar-refractivity contribution < 1.29 is 9.47 Å². The fourth-order valence-corrected chi connectivity index (χ4v) is 3.30. The molecule has 0 fully saturated rings. The molecule has 2 aromatic carbocycles. The van der Waals surface area contributed by atoms with Gasteiger partial charge in [0, 0.05) is 11.8 Å². The number of aromatic nitrogens is 4. The molecular weight excluding hydrogens is 324 g/mol. The summed E-state index contributed by atoms with van der Waals surface area (Å²) < 4.78 is 13.0. The van der Waals surface area contributed by atoms with Crippen LogP contribution < -0.4 is 9.47 Å². The van der Waals surface area contributed by atoms with Crippen LogP contribution in [-0.4, -0.2) is 39.1 Å². The zero-order valence-corrected chi connectivity index (χ0v) is 13.9. The Labute approximate surface area is 142 Å². The predicted octanol–water partition coefficient (Wildman–Crippen LogP) is 3.39. The molecule has 0 unspecified atom stereocenters. The van der Waals surface area contributed by atoms with Crippen LogP contribution in [0.25, 0.3) is 16.8 Å².